The van der Waals surface area contributed by atoms with Gasteiger partial charge in [-0.3, -0.25) is 0 Å². The van der Waals surface area contributed by atoms with Crippen LogP contribution in [0.4, 0.5) is 0 Å². The summed E-state index contributed by atoms with van der Waals surface area (Å²) in [5.74, 6) is 2.38. The van der Waals surface area contributed by atoms with Gasteiger partial charge >= 0.3 is 84.0 Å². The van der Waals surface area contributed by atoms with Gasteiger partial charge in [-0.15, -0.1) is 0 Å². The fourth-order valence-corrected chi connectivity index (χ4v) is 1.83. The van der Waals surface area contributed by atoms with Crippen LogP contribution in [0.1, 0.15) is 26.2 Å². The summed E-state index contributed by atoms with van der Waals surface area (Å²) < 4.78 is 15.4. The van der Waals surface area contributed by atoms with E-state index in [-0.39, 0.29) is 19.9 Å². The van der Waals surface area contributed by atoms with Crippen LogP contribution >= 0.6 is 7.92 Å². The Labute approximate surface area is 84.7 Å². The Hall–Kier alpha value is -0.560. The Morgan fingerprint density at radius 1 is 1.71 bits per heavy atom. The van der Waals surface area contributed by atoms with E-state index >= 15 is 0 Å². The predicted octanol–water partition coefficient (Wildman–Crippen LogP) is 1.61. The van der Waals surface area contributed by atoms with Gasteiger partial charge < -0.3 is 0 Å². The molecule has 5 heteroatoms. The molecule has 0 amide bonds. The van der Waals surface area contributed by atoms with Gasteiger partial charge in [0.2, 0.25) is 0 Å². The molecule has 0 spiro atoms. The Kier molecular flexibility index (Phi) is 4.95. The number of likely N-dealkylation sites (tertiary alicyclic amines) is 1. The molecule has 0 aromatic heterocycles. The zero-order valence-electron chi connectivity index (χ0n) is 8.23. The maximum absolute atomic E-state index is 11.5. The van der Waals surface area contributed by atoms with Gasteiger partial charge in [-0.2, -0.15) is 0 Å². The first-order chi connectivity index (χ1) is 6.79. The standard InChI is InChI=1S/C9H14NO3P/c1-2-6-13-9(11)8-4-3-5-10(8)7-14-12/h8H,2-6H2,1H3/t8-/m0/s1. The number of hydrogen-bond acceptors (Lipinski definition) is 4. The van der Waals surface area contributed by atoms with Gasteiger partial charge in [0, 0.05) is 0 Å². The van der Waals surface area contributed by atoms with Crippen molar-refractivity contribution < 1.29 is 14.1 Å². The van der Waals surface area contributed by atoms with Crippen LogP contribution in [0.3, 0.4) is 0 Å². The van der Waals surface area contributed by atoms with E-state index in [0.29, 0.717) is 6.61 Å². The van der Waals surface area contributed by atoms with Crippen LogP contribution in [0.2, 0.25) is 0 Å². The first kappa shape index (κ1) is 11.5. The van der Waals surface area contributed by atoms with Crippen LogP contribution in [-0.2, 0) is 14.1 Å². The molecule has 78 valence electrons. The second-order valence-corrected chi connectivity index (χ2v) is 3.59. The van der Waals surface area contributed by atoms with Crippen LogP contribution in [0.5, 0.6) is 0 Å². The average Bonchev–Trinajstić information content (AvgIpc) is 2.63. The summed E-state index contributed by atoms with van der Waals surface area (Å²) in [5.41, 5.74) is 0. The monoisotopic (exact) mass is 215 g/mol. The van der Waals surface area contributed by atoms with E-state index in [1.165, 1.54) is 0 Å². The average molecular weight is 215 g/mol. The van der Waals surface area contributed by atoms with Gasteiger partial charge in [-0.05, 0) is 0 Å². The molecule has 1 fully saturated rings. The Morgan fingerprint density at radius 2 is 2.50 bits per heavy atom. The molecule has 0 saturated carbocycles. The molecule has 14 heavy (non-hydrogen) atoms. The number of nitrogens with zero attached hydrogens (tertiary/aromatic N) is 1. The first-order valence-corrected chi connectivity index (χ1v) is 5.62. The molecule has 0 aromatic carbocycles. The van der Waals surface area contributed by atoms with Crippen molar-refractivity contribution in [2.24, 2.45) is 0 Å². The van der Waals surface area contributed by atoms with Gasteiger partial charge in [0.1, 0.15) is 0 Å². The van der Waals surface area contributed by atoms with E-state index < -0.39 is 0 Å². The number of hydrogen-bond donors (Lipinski definition) is 0. The fraction of sp³-hybridized carbons (Fsp3) is 0.778. The SMILES string of the molecule is CCCOC(=O)[C@@H]1CCCN1C#P=O. The molecular formula is C9H14NO3P. The second-order valence-electron chi connectivity index (χ2n) is 3.21. The van der Waals surface area contributed by atoms with E-state index in [4.69, 9.17) is 4.74 Å². The Bertz CT molecular complexity index is 298. The topological polar surface area (TPSA) is 46.6 Å². The Morgan fingerprint density at radius 3 is 3.14 bits per heavy atom. The summed E-state index contributed by atoms with van der Waals surface area (Å²) in [5, 5.41) is 0. The minimum absolute atomic E-state index is 0.174. The zero-order valence-corrected chi connectivity index (χ0v) is 9.13. The van der Waals surface area contributed by atoms with Crippen LogP contribution in [0.15, 0.2) is 0 Å². The summed E-state index contributed by atoms with van der Waals surface area (Å²) in [6, 6.07) is -0.275. The molecule has 1 aliphatic rings. The number of rotatable bonds is 3. The molecule has 0 radical (unpaired) electrons. The van der Waals surface area contributed by atoms with Crippen molar-refractivity contribution in [2.45, 2.75) is 32.2 Å². The van der Waals surface area contributed by atoms with Gasteiger partial charge in [-0.1, -0.05) is 0 Å². The third kappa shape index (κ3) is 2.98. The quantitative estimate of drug-likeness (QED) is 0.530. The van der Waals surface area contributed by atoms with Crippen LogP contribution in [0, 0.1) is 5.75 Å². The van der Waals surface area contributed by atoms with E-state index in [1.54, 1.807) is 4.90 Å². The van der Waals surface area contributed by atoms with Crippen LogP contribution in [0.25, 0.3) is 0 Å². The fourth-order valence-electron chi connectivity index (χ4n) is 1.48. The van der Waals surface area contributed by atoms with Crippen molar-refractivity contribution in [3.63, 3.8) is 0 Å². The summed E-state index contributed by atoms with van der Waals surface area (Å²) in [4.78, 5) is 13.2. The third-order valence-electron chi connectivity index (χ3n) is 2.14. The molecule has 1 saturated heterocycles. The second kappa shape index (κ2) is 6.02. The molecule has 1 atom stereocenters. The van der Waals surface area contributed by atoms with Crippen LogP contribution < -0.4 is 0 Å². The number of carbonyl (C=O) groups is 1. The molecule has 0 N–H and O–H groups in total. The molecule has 0 unspecified atom stereocenters. The first-order valence-electron chi connectivity index (χ1n) is 4.81. The van der Waals surface area contributed by atoms with Crippen molar-refractivity contribution in [1.29, 1.82) is 0 Å². The van der Waals surface area contributed by atoms with Crippen molar-refractivity contribution in [3.8, 4) is 5.75 Å². The zero-order chi connectivity index (χ0) is 10.4. The minimum atomic E-state index is -0.275. The number of esters is 1. The van der Waals surface area contributed by atoms with E-state index in [9.17, 15) is 9.36 Å². The van der Waals surface area contributed by atoms with Gasteiger partial charge in [-0.25, -0.2) is 0 Å². The summed E-state index contributed by atoms with van der Waals surface area (Å²) in [7, 11) is -0.174. The molecule has 0 aromatic rings. The summed E-state index contributed by atoms with van der Waals surface area (Å²) in [6.07, 6.45) is 2.52. The third-order valence-corrected chi connectivity index (χ3v) is 2.48. The van der Waals surface area contributed by atoms with E-state index in [0.717, 1.165) is 25.8 Å². The number of ether oxygens (including phenoxy) is 1. The molecule has 4 nitrogen and oxygen atoms in total. The van der Waals surface area contributed by atoms with Crippen molar-refractivity contribution in [2.75, 3.05) is 13.2 Å². The molecule has 0 bridgehead atoms. The van der Waals surface area contributed by atoms with Crippen molar-refractivity contribution in [3.05, 3.63) is 0 Å². The molecule has 0 aliphatic carbocycles. The molecular weight excluding hydrogens is 201 g/mol. The summed E-state index contributed by atoms with van der Waals surface area (Å²) >= 11 is 0. The predicted molar refractivity (Wildman–Crippen MR) is 52.5 cm³/mol. The van der Waals surface area contributed by atoms with Gasteiger partial charge in [0.05, 0.1) is 0 Å². The maximum atomic E-state index is 11.5. The van der Waals surface area contributed by atoms with E-state index in [2.05, 4.69) is 5.75 Å². The van der Waals surface area contributed by atoms with Crippen molar-refractivity contribution >= 4 is 13.9 Å². The summed E-state index contributed by atoms with van der Waals surface area (Å²) in [6.45, 7) is 3.15. The van der Waals surface area contributed by atoms with Gasteiger partial charge in [0.15, 0.2) is 0 Å². The van der Waals surface area contributed by atoms with Crippen LogP contribution in [-0.4, -0.2) is 30.1 Å². The Balaban J connectivity index is 2.51. The normalized spacial score (nSPS) is 21.6. The number of carbonyl (C=O) groups excluding carboxylic acids is 1. The van der Waals surface area contributed by atoms with Crippen molar-refractivity contribution in [1.82, 2.24) is 4.90 Å². The molecule has 1 heterocycles. The van der Waals surface area contributed by atoms with E-state index in [1.807, 2.05) is 6.92 Å². The van der Waals surface area contributed by atoms with Gasteiger partial charge in [0.25, 0.3) is 0 Å². The molecule has 1 aliphatic heterocycles. The molecule has 1 rings (SSSR count).